The van der Waals surface area contributed by atoms with Gasteiger partial charge in [0.15, 0.2) is 0 Å². The number of nitrogens with zero attached hydrogens (tertiary/aromatic N) is 3. The van der Waals surface area contributed by atoms with Crippen molar-refractivity contribution in [2.24, 2.45) is 33.7 Å². The number of nitrogens with one attached hydrogen (secondary N) is 2. The van der Waals surface area contributed by atoms with E-state index in [0.717, 1.165) is 12.8 Å². The third kappa shape index (κ3) is 5.64. The maximum Gasteiger partial charge on any atom is 0.228 e. The fourth-order valence-electron chi connectivity index (χ4n) is 7.01. The van der Waals surface area contributed by atoms with Crippen LogP contribution < -0.4 is 22.1 Å². The van der Waals surface area contributed by atoms with Gasteiger partial charge < -0.3 is 22.1 Å². The topological polar surface area (TPSA) is 146 Å². The zero-order valence-corrected chi connectivity index (χ0v) is 23.0. The van der Waals surface area contributed by atoms with Gasteiger partial charge in [0.2, 0.25) is 15.9 Å². The Kier molecular flexibility index (Phi) is 8.16. The monoisotopic (exact) mass is 559 g/mol. The second-order valence-corrected chi connectivity index (χ2v) is 14.5. The van der Waals surface area contributed by atoms with Crippen LogP contribution in [0.25, 0.3) is 0 Å². The molecule has 0 bridgehead atoms. The zero-order chi connectivity index (χ0) is 27.2. The fourth-order valence-corrected chi connectivity index (χ4v) is 9.00. The molecule has 10 nitrogen and oxygen atoms in total. The summed E-state index contributed by atoms with van der Waals surface area (Å²) in [6.45, 7) is 4.68. The Balaban J connectivity index is 1.26. The van der Waals surface area contributed by atoms with E-state index < -0.39 is 63.7 Å². The maximum atomic E-state index is 15.3. The van der Waals surface area contributed by atoms with Crippen LogP contribution in [-0.2, 0) is 14.8 Å². The van der Waals surface area contributed by atoms with Crippen molar-refractivity contribution in [1.82, 2.24) is 19.8 Å². The quantitative estimate of drug-likeness (QED) is 0.314. The van der Waals surface area contributed by atoms with Crippen LogP contribution in [0.3, 0.4) is 0 Å². The maximum absolute atomic E-state index is 15.3. The smallest absolute Gasteiger partial charge is 0.228 e. The number of alkyl halides is 2. The van der Waals surface area contributed by atoms with Crippen molar-refractivity contribution in [3.05, 3.63) is 0 Å². The van der Waals surface area contributed by atoms with E-state index in [9.17, 15) is 17.6 Å². The van der Waals surface area contributed by atoms with E-state index in [1.165, 1.54) is 6.21 Å². The van der Waals surface area contributed by atoms with E-state index in [2.05, 4.69) is 22.5 Å². The first-order valence-electron chi connectivity index (χ1n) is 14.1. The number of sulfonamides is 1. The van der Waals surface area contributed by atoms with E-state index in [1.807, 2.05) is 4.90 Å². The normalized spacial score (nSPS) is 40.9. The lowest BCUT2D eigenvalue weighted by Gasteiger charge is -2.46. The van der Waals surface area contributed by atoms with Crippen LogP contribution in [0.1, 0.15) is 45.4 Å². The van der Waals surface area contributed by atoms with E-state index in [0.29, 0.717) is 58.4 Å². The number of halogens is 2. The summed E-state index contributed by atoms with van der Waals surface area (Å²) in [5.41, 5.74) is 12.1. The molecular formula is C25H43F2N7O3S. The fraction of sp³-hybridized carbons (Fsp3) is 0.920. The minimum absolute atomic E-state index is 0.0835. The molecule has 5 aliphatic rings. The van der Waals surface area contributed by atoms with Crippen LogP contribution in [0, 0.1) is 17.3 Å². The average molecular weight is 560 g/mol. The molecule has 0 aromatic heterocycles. The van der Waals surface area contributed by atoms with Crippen molar-refractivity contribution in [1.29, 1.82) is 0 Å². The number of carbonyl (C=O) groups is 1. The van der Waals surface area contributed by atoms with Gasteiger partial charge in [-0.2, -0.15) is 0 Å². The summed E-state index contributed by atoms with van der Waals surface area (Å²) >= 11 is 0. The number of fused-ring (bicyclic) bond motifs is 1. The van der Waals surface area contributed by atoms with E-state index in [4.69, 9.17) is 11.5 Å². The predicted octanol–water partition coefficient (Wildman–Crippen LogP) is -0.262. The molecule has 0 aromatic rings. The third-order valence-electron chi connectivity index (χ3n) is 9.60. The highest BCUT2D eigenvalue weighted by Gasteiger charge is 2.54. The summed E-state index contributed by atoms with van der Waals surface area (Å²) in [7, 11) is -3.31. The Morgan fingerprint density at radius 3 is 2.50 bits per heavy atom. The second kappa shape index (κ2) is 11.0. The van der Waals surface area contributed by atoms with Gasteiger partial charge >= 0.3 is 0 Å². The first-order valence-corrected chi connectivity index (χ1v) is 15.6. The molecule has 8 atom stereocenters. The lowest BCUT2D eigenvalue weighted by molar-refractivity contribution is -0.128. The number of amides is 1. The molecule has 0 radical (unpaired) electrons. The number of aliphatic imine (C=N–C) groups is 1. The van der Waals surface area contributed by atoms with Crippen LogP contribution in [0.5, 0.6) is 0 Å². The summed E-state index contributed by atoms with van der Waals surface area (Å²) in [6.07, 6.45) is 1.59. The van der Waals surface area contributed by atoms with Gasteiger partial charge in [-0.05, 0) is 62.9 Å². The van der Waals surface area contributed by atoms with Crippen LogP contribution in [0.15, 0.2) is 4.99 Å². The Morgan fingerprint density at radius 1 is 1.16 bits per heavy atom. The molecule has 4 heterocycles. The summed E-state index contributed by atoms with van der Waals surface area (Å²) in [6, 6.07) is -1.70. The molecular weight excluding hydrogens is 516 g/mol. The summed E-state index contributed by atoms with van der Waals surface area (Å²) in [5.74, 6) is -1.01. The molecule has 1 aliphatic carbocycles. The SMILES string of the molecule is CC12CC(C(C(=O)NC3CNCC(F)C3N3CCC(S(=O)(=O)N4CCC4)CC3)C(N)N)/N=C\C(F)CC1C2. The summed E-state index contributed by atoms with van der Waals surface area (Å²) in [5, 5.41) is 5.61. The Morgan fingerprint density at radius 2 is 1.87 bits per heavy atom. The van der Waals surface area contributed by atoms with Crippen molar-refractivity contribution in [2.75, 3.05) is 39.3 Å². The summed E-state index contributed by atoms with van der Waals surface area (Å²) < 4.78 is 56.9. The second-order valence-electron chi connectivity index (χ2n) is 12.3. The van der Waals surface area contributed by atoms with Crippen molar-refractivity contribution in [3.63, 3.8) is 0 Å². The highest BCUT2D eigenvalue weighted by molar-refractivity contribution is 7.89. The zero-order valence-electron chi connectivity index (χ0n) is 22.1. The number of likely N-dealkylation sites (tertiary alicyclic amines) is 1. The number of hydrogen-bond donors (Lipinski definition) is 4. The highest BCUT2D eigenvalue weighted by atomic mass is 32.2. The van der Waals surface area contributed by atoms with Crippen molar-refractivity contribution in [3.8, 4) is 0 Å². The van der Waals surface area contributed by atoms with Crippen LogP contribution in [0.2, 0.25) is 0 Å². The van der Waals surface area contributed by atoms with Gasteiger partial charge in [0.05, 0.1) is 35.5 Å². The van der Waals surface area contributed by atoms with Gasteiger partial charge in [0.1, 0.15) is 12.3 Å². The lowest BCUT2D eigenvalue weighted by Crippen LogP contribution is -2.67. The van der Waals surface area contributed by atoms with Gasteiger partial charge in [0, 0.05) is 32.4 Å². The van der Waals surface area contributed by atoms with Crippen LogP contribution >= 0.6 is 0 Å². The first kappa shape index (κ1) is 28.3. The standard InChI is InChI=1S/C25H43F2N7O3S/c1-25-10-15(25)9-16(26)12-31-19(11-25)21(23(28)29)24(35)32-20-14-30-13-18(27)22(20)33-7-3-17(4-8-33)38(36,37)34-5-2-6-34/h12,15-23,30H,2-11,13-14,28-29H2,1H3,(H,32,35)/b31-12-. The van der Waals surface area contributed by atoms with E-state index in [1.54, 1.807) is 4.31 Å². The highest BCUT2D eigenvalue weighted by Crippen LogP contribution is 2.59. The van der Waals surface area contributed by atoms with E-state index >= 15 is 4.39 Å². The molecule has 1 amide bonds. The molecule has 4 aliphatic heterocycles. The lowest BCUT2D eigenvalue weighted by atomic mass is 9.84. The molecule has 6 N–H and O–H groups in total. The van der Waals surface area contributed by atoms with Gasteiger partial charge in [-0.25, -0.2) is 21.5 Å². The van der Waals surface area contributed by atoms with Crippen molar-refractivity contribution in [2.45, 2.75) is 87.3 Å². The van der Waals surface area contributed by atoms with Gasteiger partial charge in [-0.15, -0.1) is 0 Å². The molecule has 216 valence electrons. The molecule has 5 rings (SSSR count). The number of hydrogen-bond acceptors (Lipinski definition) is 8. The van der Waals surface area contributed by atoms with Crippen LogP contribution in [0.4, 0.5) is 8.78 Å². The molecule has 0 aromatic carbocycles. The Bertz CT molecular complexity index is 1000. The minimum Gasteiger partial charge on any atom is -0.350 e. The Labute approximate surface area is 224 Å². The third-order valence-corrected chi connectivity index (χ3v) is 12.0. The molecule has 13 heteroatoms. The number of piperidine rings is 2. The molecule has 3 saturated heterocycles. The Hall–Kier alpha value is -1.25. The molecule has 38 heavy (non-hydrogen) atoms. The van der Waals surface area contributed by atoms with Crippen LogP contribution in [-0.4, -0.2) is 111 Å². The van der Waals surface area contributed by atoms with E-state index in [-0.39, 0.29) is 17.9 Å². The largest absolute Gasteiger partial charge is 0.350 e. The van der Waals surface area contributed by atoms with Crippen molar-refractivity contribution < 1.29 is 22.0 Å². The average Bonchev–Trinajstić information content (AvgIpc) is 3.42. The molecule has 1 saturated carbocycles. The van der Waals surface area contributed by atoms with Crippen molar-refractivity contribution >= 4 is 22.1 Å². The number of nitrogens with two attached hydrogens (primary N) is 2. The summed E-state index contributed by atoms with van der Waals surface area (Å²) in [4.78, 5) is 20.0. The predicted molar refractivity (Wildman–Crippen MR) is 141 cm³/mol. The minimum atomic E-state index is -3.31. The number of rotatable bonds is 7. The molecule has 0 spiro atoms. The first-order chi connectivity index (χ1) is 18.0. The number of carbonyl (C=O) groups excluding carboxylic acids is 1. The van der Waals surface area contributed by atoms with Gasteiger partial charge in [0.25, 0.3) is 0 Å². The molecule has 8 unspecified atom stereocenters. The van der Waals surface area contributed by atoms with Gasteiger partial charge in [-0.3, -0.25) is 14.7 Å². The van der Waals surface area contributed by atoms with Gasteiger partial charge in [-0.1, -0.05) is 6.92 Å². The molecule has 4 fully saturated rings.